The highest BCUT2D eigenvalue weighted by molar-refractivity contribution is 5.81. The van der Waals surface area contributed by atoms with Crippen molar-refractivity contribution in [2.24, 2.45) is 5.41 Å². The molecule has 4 nitrogen and oxygen atoms in total. The topological polar surface area (TPSA) is 50.4 Å². The van der Waals surface area contributed by atoms with Crippen LogP contribution in [-0.2, 0) is 9.53 Å². The molecule has 4 heteroatoms. The van der Waals surface area contributed by atoms with Crippen molar-refractivity contribution in [3.63, 3.8) is 0 Å². The Morgan fingerprint density at radius 1 is 1.29 bits per heavy atom. The fourth-order valence-electron chi connectivity index (χ4n) is 1.94. The van der Waals surface area contributed by atoms with Crippen LogP contribution in [0.25, 0.3) is 0 Å². The molecule has 1 amide bonds. The SMILES string of the molecule is CC(C)NC(=O)C(C)NCC1(C)CCOCC1. The Labute approximate surface area is 104 Å². The molecule has 0 bridgehead atoms. The standard InChI is InChI=1S/C13H26N2O2/c1-10(2)15-12(16)11(3)14-9-13(4)5-7-17-8-6-13/h10-11,14H,5-9H2,1-4H3,(H,15,16). The van der Waals surface area contributed by atoms with E-state index in [9.17, 15) is 4.79 Å². The molecule has 1 heterocycles. The molecule has 0 saturated carbocycles. The second-order valence-corrected chi connectivity index (χ2v) is 5.69. The number of carbonyl (C=O) groups excluding carboxylic acids is 1. The zero-order chi connectivity index (χ0) is 12.9. The fourth-order valence-corrected chi connectivity index (χ4v) is 1.94. The summed E-state index contributed by atoms with van der Waals surface area (Å²) in [6.07, 6.45) is 2.14. The van der Waals surface area contributed by atoms with E-state index in [1.807, 2.05) is 20.8 Å². The molecule has 17 heavy (non-hydrogen) atoms. The first-order chi connectivity index (χ1) is 7.93. The van der Waals surface area contributed by atoms with Gasteiger partial charge in [0.2, 0.25) is 5.91 Å². The van der Waals surface area contributed by atoms with Crippen LogP contribution >= 0.6 is 0 Å². The van der Waals surface area contributed by atoms with Crippen LogP contribution in [0.5, 0.6) is 0 Å². The van der Waals surface area contributed by atoms with Crippen molar-refractivity contribution >= 4 is 5.91 Å². The van der Waals surface area contributed by atoms with E-state index in [-0.39, 0.29) is 23.4 Å². The lowest BCUT2D eigenvalue weighted by molar-refractivity contribution is -0.123. The number of carbonyl (C=O) groups is 1. The van der Waals surface area contributed by atoms with Crippen LogP contribution in [0.1, 0.15) is 40.5 Å². The Morgan fingerprint density at radius 2 is 1.88 bits per heavy atom. The van der Waals surface area contributed by atoms with Gasteiger partial charge < -0.3 is 15.4 Å². The summed E-state index contributed by atoms with van der Waals surface area (Å²) in [5.74, 6) is 0.0793. The van der Waals surface area contributed by atoms with Crippen LogP contribution in [0.4, 0.5) is 0 Å². The summed E-state index contributed by atoms with van der Waals surface area (Å²) in [5.41, 5.74) is 0.268. The molecular weight excluding hydrogens is 216 g/mol. The highest BCUT2D eigenvalue weighted by Gasteiger charge is 2.28. The Hall–Kier alpha value is -0.610. The molecule has 1 atom stereocenters. The summed E-state index contributed by atoms with van der Waals surface area (Å²) in [4.78, 5) is 11.7. The number of rotatable bonds is 5. The van der Waals surface area contributed by atoms with Crippen molar-refractivity contribution in [1.82, 2.24) is 10.6 Å². The molecule has 1 aliphatic rings. The van der Waals surface area contributed by atoms with Crippen molar-refractivity contribution in [2.45, 2.75) is 52.6 Å². The Kier molecular flexibility index (Phi) is 5.40. The van der Waals surface area contributed by atoms with Gasteiger partial charge in [-0.25, -0.2) is 0 Å². The Balaban J connectivity index is 2.31. The van der Waals surface area contributed by atoms with Crippen LogP contribution in [0, 0.1) is 5.41 Å². The van der Waals surface area contributed by atoms with E-state index in [0.717, 1.165) is 32.6 Å². The first-order valence-electron chi connectivity index (χ1n) is 6.54. The van der Waals surface area contributed by atoms with E-state index in [2.05, 4.69) is 17.6 Å². The van der Waals surface area contributed by atoms with E-state index in [1.165, 1.54) is 0 Å². The van der Waals surface area contributed by atoms with E-state index < -0.39 is 0 Å². The van der Waals surface area contributed by atoms with E-state index in [4.69, 9.17) is 4.74 Å². The molecule has 1 unspecified atom stereocenters. The smallest absolute Gasteiger partial charge is 0.237 e. The minimum absolute atomic E-state index is 0.0793. The van der Waals surface area contributed by atoms with Crippen LogP contribution in [0.3, 0.4) is 0 Å². The summed E-state index contributed by atoms with van der Waals surface area (Å²) < 4.78 is 5.36. The second-order valence-electron chi connectivity index (χ2n) is 5.69. The molecule has 1 aliphatic heterocycles. The van der Waals surface area contributed by atoms with Gasteiger partial charge in [0.25, 0.3) is 0 Å². The quantitative estimate of drug-likeness (QED) is 0.764. The van der Waals surface area contributed by atoms with Gasteiger partial charge in [-0.05, 0) is 39.0 Å². The van der Waals surface area contributed by atoms with Crippen molar-refractivity contribution in [3.05, 3.63) is 0 Å². The highest BCUT2D eigenvalue weighted by atomic mass is 16.5. The molecule has 0 radical (unpaired) electrons. The average Bonchev–Trinajstić information content (AvgIpc) is 2.26. The number of hydrogen-bond acceptors (Lipinski definition) is 3. The first-order valence-corrected chi connectivity index (χ1v) is 6.54. The third-order valence-electron chi connectivity index (χ3n) is 3.36. The normalized spacial score (nSPS) is 21.2. The fraction of sp³-hybridized carbons (Fsp3) is 0.923. The lowest BCUT2D eigenvalue weighted by Crippen LogP contribution is -2.48. The number of ether oxygens (including phenoxy) is 1. The van der Waals surface area contributed by atoms with E-state index in [0.29, 0.717) is 0 Å². The average molecular weight is 242 g/mol. The van der Waals surface area contributed by atoms with Gasteiger partial charge in [-0.3, -0.25) is 4.79 Å². The van der Waals surface area contributed by atoms with Gasteiger partial charge in [0.1, 0.15) is 0 Å². The van der Waals surface area contributed by atoms with Crippen molar-refractivity contribution in [1.29, 1.82) is 0 Å². The van der Waals surface area contributed by atoms with E-state index >= 15 is 0 Å². The molecule has 1 saturated heterocycles. The van der Waals surface area contributed by atoms with Gasteiger partial charge in [-0.1, -0.05) is 6.92 Å². The largest absolute Gasteiger partial charge is 0.381 e. The maximum Gasteiger partial charge on any atom is 0.237 e. The molecule has 0 aliphatic carbocycles. The maximum atomic E-state index is 11.7. The second kappa shape index (κ2) is 6.36. The summed E-state index contributed by atoms with van der Waals surface area (Å²) in [6, 6.07) is 0.0717. The molecule has 100 valence electrons. The van der Waals surface area contributed by atoms with Crippen LogP contribution < -0.4 is 10.6 Å². The summed E-state index contributed by atoms with van der Waals surface area (Å²) >= 11 is 0. The van der Waals surface area contributed by atoms with E-state index in [1.54, 1.807) is 0 Å². The third kappa shape index (κ3) is 5.04. The van der Waals surface area contributed by atoms with Gasteiger partial charge >= 0.3 is 0 Å². The predicted molar refractivity (Wildman–Crippen MR) is 68.9 cm³/mol. The van der Waals surface area contributed by atoms with Gasteiger partial charge in [-0.15, -0.1) is 0 Å². The minimum Gasteiger partial charge on any atom is -0.381 e. The molecule has 0 aromatic heterocycles. The van der Waals surface area contributed by atoms with Gasteiger partial charge in [-0.2, -0.15) is 0 Å². The molecule has 1 fully saturated rings. The number of amides is 1. The first kappa shape index (κ1) is 14.5. The minimum atomic E-state index is -0.128. The van der Waals surface area contributed by atoms with Gasteiger partial charge in [0.05, 0.1) is 6.04 Å². The zero-order valence-corrected chi connectivity index (χ0v) is 11.5. The monoisotopic (exact) mass is 242 g/mol. The number of nitrogens with one attached hydrogen (secondary N) is 2. The Bertz CT molecular complexity index is 248. The van der Waals surface area contributed by atoms with Crippen LogP contribution in [0.15, 0.2) is 0 Å². The highest BCUT2D eigenvalue weighted by Crippen LogP contribution is 2.28. The molecule has 0 aromatic carbocycles. The molecule has 0 spiro atoms. The molecule has 0 aromatic rings. The molecular formula is C13H26N2O2. The predicted octanol–water partition coefficient (Wildman–Crippen LogP) is 1.31. The molecule has 2 N–H and O–H groups in total. The van der Waals surface area contributed by atoms with Crippen LogP contribution in [-0.4, -0.2) is 37.7 Å². The van der Waals surface area contributed by atoms with Crippen molar-refractivity contribution < 1.29 is 9.53 Å². The van der Waals surface area contributed by atoms with Crippen LogP contribution in [0.2, 0.25) is 0 Å². The number of hydrogen-bond donors (Lipinski definition) is 2. The van der Waals surface area contributed by atoms with Crippen molar-refractivity contribution in [2.75, 3.05) is 19.8 Å². The van der Waals surface area contributed by atoms with Crippen molar-refractivity contribution in [3.8, 4) is 0 Å². The summed E-state index contributed by atoms with van der Waals surface area (Å²) in [7, 11) is 0. The van der Waals surface area contributed by atoms with Gasteiger partial charge in [0.15, 0.2) is 0 Å². The lowest BCUT2D eigenvalue weighted by Gasteiger charge is -2.34. The van der Waals surface area contributed by atoms with Gasteiger partial charge in [0, 0.05) is 25.8 Å². The lowest BCUT2D eigenvalue weighted by atomic mass is 9.82. The summed E-state index contributed by atoms with van der Waals surface area (Å²) in [6.45, 7) is 10.7. The maximum absolute atomic E-state index is 11.7. The molecule has 1 rings (SSSR count). The summed E-state index contributed by atoms with van der Waals surface area (Å²) in [5, 5.41) is 6.25. The zero-order valence-electron chi connectivity index (χ0n) is 11.5. The third-order valence-corrected chi connectivity index (χ3v) is 3.36. The Morgan fingerprint density at radius 3 is 2.41 bits per heavy atom.